The summed E-state index contributed by atoms with van der Waals surface area (Å²) < 4.78 is 69.4. The normalized spacial score (nSPS) is 14.4. The molecule has 266 valence electrons. The maximum Gasteiger partial charge on any atom is 0.416 e. The van der Waals surface area contributed by atoms with Gasteiger partial charge in [-0.2, -0.15) is 13.2 Å². The molecule has 1 fully saturated rings. The summed E-state index contributed by atoms with van der Waals surface area (Å²) in [5.74, 6) is -2.10. The Bertz CT molecular complexity index is 2060. The Morgan fingerprint density at radius 3 is 2.25 bits per heavy atom. The minimum atomic E-state index is -4.42. The SMILES string of the molecule is CC(C)N1CCC(N(Cc2ccc(-c3ccc(C(F)(F)F)cc3)cc2)C(=O)Cn2c(SCc3cccc(F)c3F)cc(=O)c3cccnc32)CC1. The van der Waals surface area contributed by atoms with Crippen LogP contribution in [-0.2, 0) is 29.8 Å². The average molecular weight is 721 g/mol. The first kappa shape index (κ1) is 36.2. The van der Waals surface area contributed by atoms with E-state index in [1.165, 1.54) is 30.3 Å². The lowest BCUT2D eigenvalue weighted by atomic mass is 9.99. The molecule has 1 saturated heterocycles. The fraction of sp³-hybridized carbons (Fsp3) is 0.308. The Hall–Kier alpha value is -4.55. The van der Waals surface area contributed by atoms with Gasteiger partial charge >= 0.3 is 6.18 Å². The molecular formula is C39H37F5N4O2S. The molecule has 3 aromatic carbocycles. The van der Waals surface area contributed by atoms with Crippen molar-refractivity contribution < 1.29 is 26.7 Å². The molecule has 0 spiro atoms. The Morgan fingerprint density at radius 2 is 1.61 bits per heavy atom. The fourth-order valence-electron chi connectivity index (χ4n) is 6.47. The minimum absolute atomic E-state index is 0.0260. The summed E-state index contributed by atoms with van der Waals surface area (Å²) in [5, 5.41) is 0.737. The van der Waals surface area contributed by atoms with Crippen LogP contribution in [0.3, 0.4) is 0 Å². The fourth-order valence-corrected chi connectivity index (χ4v) is 7.50. The second-order valence-corrected chi connectivity index (χ2v) is 14.0. The molecule has 1 aliphatic rings. The summed E-state index contributed by atoms with van der Waals surface area (Å²) in [6.45, 7) is 6.08. The van der Waals surface area contributed by atoms with Gasteiger partial charge in [0.2, 0.25) is 5.91 Å². The van der Waals surface area contributed by atoms with Crippen LogP contribution < -0.4 is 5.43 Å². The van der Waals surface area contributed by atoms with E-state index in [0.29, 0.717) is 34.2 Å². The summed E-state index contributed by atoms with van der Waals surface area (Å²) in [4.78, 5) is 36.3. The highest BCUT2D eigenvalue weighted by Gasteiger charge is 2.31. The third kappa shape index (κ3) is 8.34. The van der Waals surface area contributed by atoms with E-state index in [0.717, 1.165) is 67.0 Å². The highest BCUT2D eigenvalue weighted by Crippen LogP contribution is 2.32. The van der Waals surface area contributed by atoms with Gasteiger partial charge < -0.3 is 14.4 Å². The van der Waals surface area contributed by atoms with Crippen LogP contribution >= 0.6 is 11.8 Å². The Kier molecular flexibility index (Phi) is 10.9. The number of carbonyl (C=O) groups excluding carboxylic acids is 1. The van der Waals surface area contributed by atoms with Gasteiger partial charge in [0.1, 0.15) is 12.2 Å². The Morgan fingerprint density at radius 1 is 0.941 bits per heavy atom. The number of benzene rings is 3. The van der Waals surface area contributed by atoms with Gasteiger partial charge in [-0.15, -0.1) is 11.8 Å². The number of hydrogen-bond acceptors (Lipinski definition) is 5. The van der Waals surface area contributed by atoms with Gasteiger partial charge in [-0.1, -0.05) is 48.5 Å². The number of hydrogen-bond donors (Lipinski definition) is 0. The molecule has 0 bridgehead atoms. The zero-order valence-electron chi connectivity index (χ0n) is 28.2. The number of fused-ring (bicyclic) bond motifs is 1. The second-order valence-electron chi connectivity index (χ2n) is 13.0. The number of nitrogens with zero attached hydrogens (tertiary/aromatic N) is 4. The van der Waals surface area contributed by atoms with Gasteiger partial charge in [-0.05, 0) is 73.7 Å². The van der Waals surface area contributed by atoms with Crippen LogP contribution in [0.1, 0.15) is 43.4 Å². The minimum Gasteiger partial charge on any atom is -0.334 e. The molecule has 1 aliphatic heterocycles. The Labute approximate surface area is 296 Å². The van der Waals surface area contributed by atoms with Crippen LogP contribution in [0.25, 0.3) is 22.2 Å². The molecule has 12 heteroatoms. The number of amides is 1. The van der Waals surface area contributed by atoms with E-state index in [9.17, 15) is 31.5 Å². The molecular weight excluding hydrogens is 684 g/mol. The first-order valence-electron chi connectivity index (χ1n) is 16.7. The number of pyridine rings is 2. The van der Waals surface area contributed by atoms with E-state index < -0.39 is 23.4 Å². The number of thioether (sulfide) groups is 1. The monoisotopic (exact) mass is 720 g/mol. The van der Waals surface area contributed by atoms with Crippen molar-refractivity contribution in [3.8, 4) is 11.1 Å². The van der Waals surface area contributed by atoms with Crippen molar-refractivity contribution in [1.29, 1.82) is 0 Å². The number of aromatic nitrogens is 2. The van der Waals surface area contributed by atoms with E-state index in [-0.39, 0.29) is 35.2 Å². The number of rotatable bonds is 10. The van der Waals surface area contributed by atoms with Gasteiger partial charge in [0.25, 0.3) is 0 Å². The van der Waals surface area contributed by atoms with E-state index in [2.05, 4.69) is 23.7 Å². The predicted octanol–water partition coefficient (Wildman–Crippen LogP) is 8.55. The summed E-state index contributed by atoms with van der Waals surface area (Å²) in [6, 6.07) is 21.4. The highest BCUT2D eigenvalue weighted by atomic mass is 32.2. The standard InChI is InChI=1S/C39H37F5N4O2S/c1-25(2)46-19-16-31(17-20-46)47(22-26-8-10-27(11-9-26)28-12-14-30(15-13-28)39(42,43)44)35(50)23-48-36(21-34(49)32-6-4-18-45-38(32)48)51-24-29-5-3-7-33(40)37(29)41/h3-15,18,21,25,31H,16-17,19-20,22-24H2,1-2H3. The molecule has 0 aliphatic carbocycles. The van der Waals surface area contributed by atoms with Crippen LogP contribution in [-0.4, -0.2) is 50.4 Å². The number of halogens is 5. The molecule has 51 heavy (non-hydrogen) atoms. The maximum atomic E-state index is 14.5. The molecule has 0 N–H and O–H groups in total. The molecule has 0 saturated carbocycles. The van der Waals surface area contributed by atoms with Gasteiger partial charge in [-0.3, -0.25) is 9.59 Å². The summed E-state index contributed by atoms with van der Waals surface area (Å²) >= 11 is 1.13. The lowest BCUT2D eigenvalue weighted by Gasteiger charge is -2.40. The predicted molar refractivity (Wildman–Crippen MR) is 189 cm³/mol. The molecule has 0 atom stereocenters. The molecule has 3 heterocycles. The van der Waals surface area contributed by atoms with Crippen LogP contribution in [0.4, 0.5) is 22.0 Å². The Balaban J connectivity index is 1.29. The van der Waals surface area contributed by atoms with E-state index >= 15 is 0 Å². The number of likely N-dealkylation sites (tertiary alicyclic amines) is 1. The molecule has 0 unspecified atom stereocenters. The van der Waals surface area contributed by atoms with Crippen LogP contribution in [0.5, 0.6) is 0 Å². The third-order valence-corrected chi connectivity index (χ3v) is 10.5. The van der Waals surface area contributed by atoms with Crippen LogP contribution in [0.2, 0.25) is 0 Å². The van der Waals surface area contributed by atoms with Crippen molar-refractivity contribution in [2.45, 2.75) is 68.8 Å². The smallest absolute Gasteiger partial charge is 0.334 e. The third-order valence-electron chi connectivity index (χ3n) is 9.37. The van der Waals surface area contributed by atoms with E-state index in [4.69, 9.17) is 0 Å². The molecule has 1 amide bonds. The quantitative estimate of drug-likeness (QED) is 0.107. The maximum absolute atomic E-state index is 14.5. The number of alkyl halides is 3. The largest absolute Gasteiger partial charge is 0.416 e. The van der Waals surface area contributed by atoms with Crippen molar-refractivity contribution in [3.63, 3.8) is 0 Å². The molecule has 0 radical (unpaired) electrons. The van der Waals surface area contributed by atoms with E-state index in [1.54, 1.807) is 22.9 Å². The zero-order chi connectivity index (χ0) is 36.3. The van der Waals surface area contributed by atoms with Crippen molar-refractivity contribution in [1.82, 2.24) is 19.4 Å². The van der Waals surface area contributed by atoms with E-state index in [1.807, 2.05) is 29.2 Å². The summed E-state index contributed by atoms with van der Waals surface area (Å²) in [5.41, 5.74) is 1.68. The van der Waals surface area contributed by atoms with Gasteiger partial charge in [-0.25, -0.2) is 13.8 Å². The molecule has 2 aromatic heterocycles. The van der Waals surface area contributed by atoms with Crippen LogP contribution in [0.15, 0.2) is 101 Å². The number of piperidine rings is 1. The zero-order valence-corrected chi connectivity index (χ0v) is 29.0. The number of carbonyl (C=O) groups is 1. The lowest BCUT2D eigenvalue weighted by molar-refractivity contribution is -0.138. The second kappa shape index (κ2) is 15.4. The first-order chi connectivity index (χ1) is 24.4. The average Bonchev–Trinajstić information content (AvgIpc) is 3.12. The summed E-state index contributed by atoms with van der Waals surface area (Å²) in [7, 11) is 0. The topological polar surface area (TPSA) is 58.4 Å². The van der Waals surface area contributed by atoms with Crippen LogP contribution in [0, 0.1) is 11.6 Å². The van der Waals surface area contributed by atoms with Crippen molar-refractivity contribution in [2.24, 2.45) is 0 Å². The lowest BCUT2D eigenvalue weighted by Crippen LogP contribution is -2.49. The molecule has 5 aromatic rings. The van der Waals surface area contributed by atoms with Gasteiger partial charge in [0.05, 0.1) is 16.0 Å². The van der Waals surface area contributed by atoms with Gasteiger partial charge in [0, 0.05) is 55.3 Å². The van der Waals surface area contributed by atoms with Crippen molar-refractivity contribution in [3.05, 3.63) is 130 Å². The van der Waals surface area contributed by atoms with Crippen molar-refractivity contribution >= 4 is 28.7 Å². The highest BCUT2D eigenvalue weighted by molar-refractivity contribution is 7.98. The first-order valence-corrected chi connectivity index (χ1v) is 17.7. The summed E-state index contributed by atoms with van der Waals surface area (Å²) in [6.07, 6.45) is -1.35. The van der Waals surface area contributed by atoms with Crippen molar-refractivity contribution in [2.75, 3.05) is 13.1 Å². The molecule has 6 nitrogen and oxygen atoms in total. The van der Waals surface area contributed by atoms with Gasteiger partial charge in [0.15, 0.2) is 17.1 Å². The molecule has 6 rings (SSSR count).